The van der Waals surface area contributed by atoms with E-state index in [9.17, 15) is 9.59 Å². The molecule has 0 spiro atoms. The maximum atomic E-state index is 11.7. The molecule has 7 nitrogen and oxygen atoms in total. The third kappa shape index (κ3) is 7.34. The monoisotopic (exact) mass is 326 g/mol. The number of nitrogens with one attached hydrogen (secondary N) is 2. The van der Waals surface area contributed by atoms with Gasteiger partial charge in [-0.2, -0.15) is 0 Å². The molecule has 2 N–H and O–H groups in total. The molecule has 0 saturated carbocycles. The summed E-state index contributed by atoms with van der Waals surface area (Å²) in [5.41, 5.74) is 0. The zero-order chi connectivity index (χ0) is 17.1. The first-order valence-corrected chi connectivity index (χ1v) is 8.50. The average molecular weight is 326 g/mol. The van der Waals surface area contributed by atoms with E-state index in [1.165, 1.54) is 7.11 Å². The fraction of sp³-hybridized carbons (Fsp3) is 0.812. The number of carbonyl (C=O) groups is 2. The quantitative estimate of drug-likeness (QED) is 0.300. The van der Waals surface area contributed by atoms with Crippen molar-refractivity contribution in [1.29, 1.82) is 0 Å². The van der Waals surface area contributed by atoms with Crippen LogP contribution in [-0.4, -0.2) is 62.1 Å². The van der Waals surface area contributed by atoms with Gasteiger partial charge in [-0.25, -0.2) is 0 Å². The second-order valence-corrected chi connectivity index (χ2v) is 5.62. The highest BCUT2D eigenvalue weighted by Gasteiger charge is 2.25. The number of methoxy groups -OCH3 is 1. The lowest BCUT2D eigenvalue weighted by atomic mass is 10.2. The van der Waals surface area contributed by atoms with Gasteiger partial charge in [0.15, 0.2) is 5.96 Å². The number of aliphatic imine (C=N–C) groups is 1. The zero-order valence-electron chi connectivity index (χ0n) is 14.6. The highest BCUT2D eigenvalue weighted by Crippen LogP contribution is 2.10. The lowest BCUT2D eigenvalue weighted by molar-refractivity contribution is -0.140. The number of likely N-dealkylation sites (tertiary alicyclic amines) is 1. The van der Waals surface area contributed by atoms with E-state index in [1.54, 1.807) is 0 Å². The van der Waals surface area contributed by atoms with Crippen molar-refractivity contribution in [1.82, 2.24) is 15.5 Å². The first-order valence-electron chi connectivity index (χ1n) is 8.50. The molecule has 0 aromatic heterocycles. The number of esters is 1. The summed E-state index contributed by atoms with van der Waals surface area (Å²) in [6, 6.07) is 0.248. The van der Waals surface area contributed by atoms with Crippen LogP contribution in [0.2, 0.25) is 0 Å². The van der Waals surface area contributed by atoms with Crippen molar-refractivity contribution in [3.63, 3.8) is 0 Å². The van der Waals surface area contributed by atoms with Gasteiger partial charge in [0.05, 0.1) is 7.11 Å². The van der Waals surface area contributed by atoms with Crippen molar-refractivity contribution >= 4 is 17.8 Å². The van der Waals surface area contributed by atoms with Crippen LogP contribution in [0.25, 0.3) is 0 Å². The number of ether oxygens (including phenoxy) is 1. The number of guanidine groups is 1. The second-order valence-electron chi connectivity index (χ2n) is 5.62. The smallest absolute Gasteiger partial charge is 0.305 e. The SMILES string of the molecule is CCNC(=NCCCCC(=O)OC)NC1CCN(C(=O)CC)C1. The molecule has 1 fully saturated rings. The van der Waals surface area contributed by atoms with Crippen LogP contribution in [0.3, 0.4) is 0 Å². The Labute approximate surface area is 138 Å². The van der Waals surface area contributed by atoms with E-state index in [1.807, 2.05) is 18.7 Å². The molecule has 1 amide bonds. The van der Waals surface area contributed by atoms with Crippen LogP contribution in [-0.2, 0) is 14.3 Å². The largest absolute Gasteiger partial charge is 0.469 e. The number of unbranched alkanes of at least 4 members (excludes halogenated alkanes) is 1. The molecule has 1 unspecified atom stereocenters. The lowest BCUT2D eigenvalue weighted by Gasteiger charge is -2.18. The Balaban J connectivity index is 2.35. The van der Waals surface area contributed by atoms with E-state index in [-0.39, 0.29) is 17.9 Å². The van der Waals surface area contributed by atoms with Crippen LogP contribution in [0.4, 0.5) is 0 Å². The van der Waals surface area contributed by atoms with E-state index >= 15 is 0 Å². The van der Waals surface area contributed by atoms with Gasteiger partial charge in [-0.1, -0.05) is 6.92 Å². The van der Waals surface area contributed by atoms with Crippen molar-refractivity contribution < 1.29 is 14.3 Å². The number of rotatable bonds is 8. The predicted octanol–water partition coefficient (Wildman–Crippen LogP) is 0.896. The highest BCUT2D eigenvalue weighted by atomic mass is 16.5. The standard InChI is InChI=1S/C16H30N4O3/c1-4-14(21)20-11-9-13(12-20)19-16(17-5-2)18-10-7-6-8-15(22)23-3/h13H,4-12H2,1-3H3,(H2,17,18,19). The topological polar surface area (TPSA) is 83.0 Å². The van der Waals surface area contributed by atoms with Gasteiger partial charge in [-0.3, -0.25) is 14.6 Å². The number of amides is 1. The molecule has 0 radical (unpaired) electrons. The summed E-state index contributed by atoms with van der Waals surface area (Å²) in [4.78, 5) is 29.2. The first-order chi connectivity index (χ1) is 11.1. The maximum absolute atomic E-state index is 11.7. The maximum Gasteiger partial charge on any atom is 0.305 e. The van der Waals surface area contributed by atoms with Gasteiger partial charge < -0.3 is 20.3 Å². The molecule has 1 heterocycles. The Bertz CT molecular complexity index is 412. The number of nitrogens with zero attached hydrogens (tertiary/aromatic N) is 2. The van der Waals surface area contributed by atoms with Crippen LogP contribution in [0.5, 0.6) is 0 Å². The fourth-order valence-electron chi connectivity index (χ4n) is 2.52. The molecule has 1 rings (SSSR count). The van der Waals surface area contributed by atoms with Gasteiger partial charge in [-0.05, 0) is 26.2 Å². The number of hydrogen-bond acceptors (Lipinski definition) is 4. The molecule has 1 aliphatic heterocycles. The van der Waals surface area contributed by atoms with Crippen molar-refractivity contribution in [2.45, 2.75) is 52.0 Å². The van der Waals surface area contributed by atoms with E-state index in [4.69, 9.17) is 0 Å². The van der Waals surface area contributed by atoms with Crippen LogP contribution < -0.4 is 10.6 Å². The minimum Gasteiger partial charge on any atom is -0.469 e. The Hall–Kier alpha value is -1.79. The van der Waals surface area contributed by atoms with Crippen LogP contribution in [0.1, 0.15) is 46.0 Å². The van der Waals surface area contributed by atoms with Crippen molar-refractivity contribution in [3.05, 3.63) is 0 Å². The van der Waals surface area contributed by atoms with Crippen molar-refractivity contribution in [3.8, 4) is 0 Å². The summed E-state index contributed by atoms with van der Waals surface area (Å²) < 4.78 is 4.61. The molecule has 132 valence electrons. The third-order valence-electron chi connectivity index (χ3n) is 3.82. The molecule has 23 heavy (non-hydrogen) atoms. The summed E-state index contributed by atoms with van der Waals surface area (Å²) in [5, 5.41) is 6.61. The third-order valence-corrected chi connectivity index (χ3v) is 3.82. The Morgan fingerprint density at radius 3 is 2.74 bits per heavy atom. The zero-order valence-corrected chi connectivity index (χ0v) is 14.6. The Morgan fingerprint density at radius 1 is 1.30 bits per heavy atom. The predicted molar refractivity (Wildman–Crippen MR) is 90.3 cm³/mol. The highest BCUT2D eigenvalue weighted by molar-refractivity contribution is 5.80. The second kappa shape index (κ2) is 10.9. The molecule has 7 heteroatoms. The summed E-state index contributed by atoms with van der Waals surface area (Å²) in [5.74, 6) is 0.811. The molecule has 0 aromatic rings. The Kier molecular flexibility index (Phi) is 9.09. The average Bonchev–Trinajstić information content (AvgIpc) is 3.02. The van der Waals surface area contributed by atoms with E-state index in [2.05, 4.69) is 20.4 Å². The normalized spacial score (nSPS) is 18.0. The molecular weight excluding hydrogens is 296 g/mol. The molecule has 1 aliphatic rings. The van der Waals surface area contributed by atoms with Gasteiger partial charge in [0, 0.05) is 45.1 Å². The summed E-state index contributed by atoms with van der Waals surface area (Å²) in [7, 11) is 1.40. The van der Waals surface area contributed by atoms with E-state index < -0.39 is 0 Å². The molecule has 0 bridgehead atoms. The summed E-state index contributed by atoms with van der Waals surface area (Å²) in [6.45, 7) is 6.91. The van der Waals surface area contributed by atoms with Crippen LogP contribution >= 0.6 is 0 Å². The molecular formula is C16H30N4O3. The molecule has 1 saturated heterocycles. The minimum atomic E-state index is -0.175. The molecule has 1 atom stereocenters. The van der Waals surface area contributed by atoms with Crippen LogP contribution in [0.15, 0.2) is 4.99 Å². The molecule has 0 aromatic carbocycles. The fourth-order valence-corrected chi connectivity index (χ4v) is 2.52. The van der Waals surface area contributed by atoms with Crippen LogP contribution in [0, 0.1) is 0 Å². The minimum absolute atomic E-state index is 0.175. The number of hydrogen-bond donors (Lipinski definition) is 2. The van der Waals surface area contributed by atoms with Gasteiger partial charge in [0.1, 0.15) is 0 Å². The van der Waals surface area contributed by atoms with Crippen molar-refractivity contribution in [2.24, 2.45) is 4.99 Å². The van der Waals surface area contributed by atoms with Gasteiger partial charge in [0.2, 0.25) is 5.91 Å². The Morgan fingerprint density at radius 2 is 2.09 bits per heavy atom. The van der Waals surface area contributed by atoms with E-state index in [0.29, 0.717) is 19.4 Å². The summed E-state index contributed by atoms with van der Waals surface area (Å²) in [6.07, 6.45) is 3.56. The number of carbonyl (C=O) groups excluding carboxylic acids is 2. The van der Waals surface area contributed by atoms with Gasteiger partial charge in [0.25, 0.3) is 0 Å². The lowest BCUT2D eigenvalue weighted by Crippen LogP contribution is -2.45. The summed E-state index contributed by atoms with van der Waals surface area (Å²) >= 11 is 0. The van der Waals surface area contributed by atoms with Gasteiger partial charge in [-0.15, -0.1) is 0 Å². The van der Waals surface area contributed by atoms with Crippen molar-refractivity contribution in [2.75, 3.05) is 33.3 Å². The van der Waals surface area contributed by atoms with Gasteiger partial charge >= 0.3 is 5.97 Å². The molecule has 0 aliphatic carbocycles. The first kappa shape index (κ1) is 19.3. The van der Waals surface area contributed by atoms with E-state index in [0.717, 1.165) is 44.9 Å².